The highest BCUT2D eigenvalue weighted by molar-refractivity contribution is 7.92. The molecule has 3 aromatic carbocycles. The number of hydrogen-bond acceptors (Lipinski definition) is 6. The molecule has 0 aromatic heterocycles. The second-order valence-corrected chi connectivity index (χ2v) is 13.4. The van der Waals surface area contributed by atoms with Gasteiger partial charge in [-0.3, -0.25) is 13.9 Å². The number of sulfonamides is 1. The number of anilines is 1. The zero-order valence-corrected chi connectivity index (χ0v) is 27.2. The maximum atomic E-state index is 14.3. The largest absolute Gasteiger partial charge is 0.493 e. The van der Waals surface area contributed by atoms with E-state index in [4.69, 9.17) is 9.47 Å². The first-order valence-corrected chi connectivity index (χ1v) is 16.4. The van der Waals surface area contributed by atoms with Gasteiger partial charge in [0.1, 0.15) is 12.6 Å². The van der Waals surface area contributed by atoms with Gasteiger partial charge in [-0.1, -0.05) is 43.2 Å². The minimum absolute atomic E-state index is 0.0559. The molecule has 10 heteroatoms. The normalized spacial score (nSPS) is 14.1. The summed E-state index contributed by atoms with van der Waals surface area (Å²) in [5, 5.41) is 3.10. The molecular formula is C34H43N3O6S. The topological polar surface area (TPSA) is 105 Å². The number of carbonyl (C=O) groups is 2. The van der Waals surface area contributed by atoms with E-state index >= 15 is 0 Å². The summed E-state index contributed by atoms with van der Waals surface area (Å²) in [6.45, 7) is 7.04. The molecule has 0 bridgehead atoms. The molecule has 1 fully saturated rings. The fourth-order valence-corrected chi connectivity index (χ4v) is 7.09. The van der Waals surface area contributed by atoms with Gasteiger partial charge in [-0.25, -0.2) is 8.42 Å². The third-order valence-electron chi connectivity index (χ3n) is 8.19. The summed E-state index contributed by atoms with van der Waals surface area (Å²) in [6.07, 6.45) is 3.94. The Morgan fingerprint density at radius 1 is 0.909 bits per heavy atom. The van der Waals surface area contributed by atoms with Gasteiger partial charge in [-0.2, -0.15) is 0 Å². The van der Waals surface area contributed by atoms with Crippen molar-refractivity contribution in [1.29, 1.82) is 0 Å². The molecule has 236 valence electrons. The van der Waals surface area contributed by atoms with E-state index in [1.54, 1.807) is 19.1 Å². The highest BCUT2D eigenvalue weighted by Gasteiger charge is 2.34. The molecule has 0 heterocycles. The van der Waals surface area contributed by atoms with E-state index < -0.39 is 28.5 Å². The third-order valence-corrected chi connectivity index (χ3v) is 9.96. The minimum Gasteiger partial charge on any atom is -0.493 e. The number of amides is 2. The second kappa shape index (κ2) is 14.2. The van der Waals surface area contributed by atoms with Crippen molar-refractivity contribution >= 4 is 27.5 Å². The Morgan fingerprint density at radius 3 is 2.16 bits per heavy atom. The van der Waals surface area contributed by atoms with Crippen molar-refractivity contribution in [1.82, 2.24) is 10.2 Å². The molecule has 1 N–H and O–H groups in total. The van der Waals surface area contributed by atoms with Gasteiger partial charge in [0, 0.05) is 18.7 Å². The summed E-state index contributed by atoms with van der Waals surface area (Å²) >= 11 is 0. The molecule has 0 unspecified atom stereocenters. The summed E-state index contributed by atoms with van der Waals surface area (Å²) in [4.78, 5) is 29.2. The van der Waals surface area contributed by atoms with Crippen LogP contribution in [-0.4, -0.2) is 58.0 Å². The third kappa shape index (κ3) is 7.53. The van der Waals surface area contributed by atoms with Gasteiger partial charge in [-0.05, 0) is 87.1 Å². The lowest BCUT2D eigenvalue weighted by Gasteiger charge is -2.33. The molecule has 3 aromatic rings. The summed E-state index contributed by atoms with van der Waals surface area (Å²) < 4.78 is 40.4. The van der Waals surface area contributed by atoms with E-state index in [0.29, 0.717) is 11.4 Å². The van der Waals surface area contributed by atoms with Crippen LogP contribution >= 0.6 is 0 Å². The summed E-state index contributed by atoms with van der Waals surface area (Å²) in [5.74, 6) is -0.115. The van der Waals surface area contributed by atoms with Crippen molar-refractivity contribution in [2.24, 2.45) is 0 Å². The average Bonchev–Trinajstić information content (AvgIpc) is 3.51. The van der Waals surface area contributed by atoms with Crippen molar-refractivity contribution in [3.05, 3.63) is 82.9 Å². The van der Waals surface area contributed by atoms with Crippen molar-refractivity contribution < 1.29 is 27.5 Å². The molecule has 0 radical (unpaired) electrons. The first-order valence-electron chi connectivity index (χ1n) is 14.9. The fourth-order valence-electron chi connectivity index (χ4n) is 5.67. The number of carbonyl (C=O) groups excluding carboxylic acids is 2. The number of nitrogens with zero attached hydrogens (tertiary/aromatic N) is 2. The predicted octanol–water partition coefficient (Wildman–Crippen LogP) is 5.30. The van der Waals surface area contributed by atoms with E-state index in [1.165, 1.54) is 37.3 Å². The van der Waals surface area contributed by atoms with E-state index in [9.17, 15) is 18.0 Å². The van der Waals surface area contributed by atoms with Crippen LogP contribution in [0.25, 0.3) is 0 Å². The van der Waals surface area contributed by atoms with Gasteiger partial charge in [0.25, 0.3) is 10.0 Å². The summed E-state index contributed by atoms with van der Waals surface area (Å²) in [7, 11) is -1.37. The van der Waals surface area contributed by atoms with E-state index in [1.807, 2.05) is 51.1 Å². The number of ether oxygens (including phenoxy) is 2. The highest BCUT2D eigenvalue weighted by Crippen LogP contribution is 2.33. The molecule has 9 nitrogen and oxygen atoms in total. The molecule has 44 heavy (non-hydrogen) atoms. The van der Waals surface area contributed by atoms with Crippen LogP contribution in [0.4, 0.5) is 5.69 Å². The molecule has 4 rings (SSSR count). The van der Waals surface area contributed by atoms with Crippen LogP contribution in [0.2, 0.25) is 0 Å². The zero-order chi connectivity index (χ0) is 32.0. The number of nitrogens with one attached hydrogen (secondary N) is 1. The lowest BCUT2D eigenvalue weighted by Crippen LogP contribution is -2.52. The Hall–Kier alpha value is -4.05. The number of methoxy groups -OCH3 is 2. The Kier molecular flexibility index (Phi) is 10.6. The molecule has 1 aliphatic carbocycles. The molecular weight excluding hydrogens is 578 g/mol. The molecule has 0 spiro atoms. The lowest BCUT2D eigenvalue weighted by atomic mass is 10.1. The maximum absolute atomic E-state index is 14.3. The van der Waals surface area contributed by atoms with E-state index in [-0.39, 0.29) is 29.1 Å². The van der Waals surface area contributed by atoms with Gasteiger partial charge in [0.15, 0.2) is 11.5 Å². The monoisotopic (exact) mass is 621 g/mol. The number of benzene rings is 3. The van der Waals surface area contributed by atoms with Gasteiger partial charge in [-0.15, -0.1) is 0 Å². The average molecular weight is 622 g/mol. The molecule has 0 aliphatic heterocycles. The molecule has 0 saturated heterocycles. The number of aryl methyl sites for hydroxylation is 3. The van der Waals surface area contributed by atoms with Crippen LogP contribution in [0.1, 0.15) is 54.9 Å². The van der Waals surface area contributed by atoms with E-state index in [0.717, 1.165) is 52.2 Å². The lowest BCUT2D eigenvalue weighted by molar-refractivity contribution is -0.139. The van der Waals surface area contributed by atoms with Crippen LogP contribution in [0, 0.1) is 20.8 Å². The van der Waals surface area contributed by atoms with Crippen molar-refractivity contribution in [3.8, 4) is 11.5 Å². The van der Waals surface area contributed by atoms with Crippen LogP contribution in [0.3, 0.4) is 0 Å². The Bertz CT molecular complexity index is 1580. The van der Waals surface area contributed by atoms with Crippen molar-refractivity contribution in [3.63, 3.8) is 0 Å². The zero-order valence-electron chi connectivity index (χ0n) is 26.4. The summed E-state index contributed by atoms with van der Waals surface area (Å²) in [6, 6.07) is 16.7. The van der Waals surface area contributed by atoms with Crippen molar-refractivity contribution in [2.45, 2.75) is 76.9 Å². The fraction of sp³-hybridized carbons (Fsp3) is 0.412. The van der Waals surface area contributed by atoms with Gasteiger partial charge in [0.05, 0.1) is 24.8 Å². The van der Waals surface area contributed by atoms with Crippen molar-refractivity contribution in [2.75, 3.05) is 25.1 Å². The van der Waals surface area contributed by atoms with Gasteiger partial charge in [0.2, 0.25) is 11.8 Å². The first kappa shape index (κ1) is 32.9. The van der Waals surface area contributed by atoms with Crippen LogP contribution in [0.15, 0.2) is 65.6 Å². The minimum atomic E-state index is -4.27. The number of rotatable bonds is 12. The SMILES string of the molecule is COc1ccc(S(=O)(=O)N(CC(=O)N(Cc2ccccc2C)[C@H](C)C(=O)NC2CCCC2)c2cc(C)cc(C)c2)cc1OC. The molecule has 1 aliphatic rings. The van der Waals surface area contributed by atoms with Crippen LogP contribution < -0.4 is 19.1 Å². The predicted molar refractivity (Wildman–Crippen MR) is 172 cm³/mol. The number of hydrogen-bond donors (Lipinski definition) is 1. The van der Waals surface area contributed by atoms with E-state index in [2.05, 4.69) is 5.32 Å². The molecule has 2 amide bonds. The molecule has 1 atom stereocenters. The highest BCUT2D eigenvalue weighted by atomic mass is 32.2. The first-order chi connectivity index (χ1) is 20.9. The summed E-state index contributed by atoms with van der Waals surface area (Å²) in [5.41, 5.74) is 3.89. The van der Waals surface area contributed by atoms with Gasteiger partial charge < -0.3 is 19.7 Å². The maximum Gasteiger partial charge on any atom is 0.264 e. The molecule has 1 saturated carbocycles. The Labute approximate surface area is 261 Å². The standard InChI is InChI=1S/C34H43N3O6S/c1-23-17-24(2)19-29(18-23)37(44(40,41)30-15-16-31(42-5)32(20-30)43-6)22-33(38)36(21-27-12-8-7-11-25(27)3)26(4)34(39)35-28-13-9-10-14-28/h7-8,11-12,15-20,26,28H,9-10,13-14,21-22H2,1-6H3,(H,35,39)/t26-/m1/s1. The van der Waals surface area contributed by atoms with Crippen LogP contribution in [0.5, 0.6) is 11.5 Å². The Balaban J connectivity index is 1.75. The van der Waals surface area contributed by atoms with Crippen LogP contribution in [-0.2, 0) is 26.2 Å². The smallest absolute Gasteiger partial charge is 0.264 e. The quantitative estimate of drug-likeness (QED) is 0.294. The van der Waals surface area contributed by atoms with Gasteiger partial charge >= 0.3 is 0 Å². The second-order valence-electron chi connectivity index (χ2n) is 11.5. The Morgan fingerprint density at radius 2 is 1.55 bits per heavy atom.